The summed E-state index contributed by atoms with van der Waals surface area (Å²) in [6.45, 7) is 3.01. The molecule has 0 bridgehead atoms. The summed E-state index contributed by atoms with van der Waals surface area (Å²) >= 11 is 5.84. The normalized spacial score (nSPS) is 10.2. The van der Waals surface area contributed by atoms with Gasteiger partial charge in [0.1, 0.15) is 5.75 Å². The SMILES string of the molecule is CCOc1ccccc1C(=O)NCCc1ccc(Cl)cc1. The predicted octanol–water partition coefficient (Wildman–Crippen LogP) is 3.71. The Morgan fingerprint density at radius 1 is 1.14 bits per heavy atom. The van der Waals surface area contributed by atoms with Crippen LogP contribution in [-0.2, 0) is 6.42 Å². The van der Waals surface area contributed by atoms with Gasteiger partial charge in [0.05, 0.1) is 12.2 Å². The number of rotatable bonds is 6. The first-order chi connectivity index (χ1) is 10.2. The van der Waals surface area contributed by atoms with Gasteiger partial charge in [-0.2, -0.15) is 0 Å². The van der Waals surface area contributed by atoms with Gasteiger partial charge >= 0.3 is 0 Å². The van der Waals surface area contributed by atoms with E-state index in [4.69, 9.17) is 16.3 Å². The number of para-hydroxylation sites is 1. The number of ether oxygens (including phenoxy) is 1. The Kier molecular flexibility index (Phi) is 5.64. The maximum Gasteiger partial charge on any atom is 0.255 e. The van der Waals surface area contributed by atoms with E-state index in [1.165, 1.54) is 0 Å². The quantitative estimate of drug-likeness (QED) is 0.883. The molecule has 110 valence electrons. The van der Waals surface area contributed by atoms with Gasteiger partial charge in [0.25, 0.3) is 5.91 Å². The van der Waals surface area contributed by atoms with Crippen LogP contribution >= 0.6 is 11.6 Å². The van der Waals surface area contributed by atoms with E-state index in [1.54, 1.807) is 12.1 Å². The second kappa shape index (κ2) is 7.70. The summed E-state index contributed by atoms with van der Waals surface area (Å²) in [5.41, 5.74) is 1.70. The Bertz CT molecular complexity index is 596. The molecule has 2 rings (SSSR count). The molecule has 2 aromatic rings. The van der Waals surface area contributed by atoms with Crippen LogP contribution in [0.2, 0.25) is 5.02 Å². The fraction of sp³-hybridized carbons (Fsp3) is 0.235. The maximum absolute atomic E-state index is 12.2. The highest BCUT2D eigenvalue weighted by molar-refractivity contribution is 6.30. The smallest absolute Gasteiger partial charge is 0.255 e. The third-order valence-corrected chi connectivity index (χ3v) is 3.30. The van der Waals surface area contributed by atoms with Crippen molar-refractivity contribution < 1.29 is 9.53 Å². The minimum Gasteiger partial charge on any atom is -0.493 e. The zero-order chi connectivity index (χ0) is 15.1. The molecule has 0 aliphatic carbocycles. The number of carbonyl (C=O) groups excluding carboxylic acids is 1. The van der Waals surface area contributed by atoms with Crippen molar-refractivity contribution in [3.63, 3.8) is 0 Å². The van der Waals surface area contributed by atoms with E-state index in [0.29, 0.717) is 29.5 Å². The topological polar surface area (TPSA) is 38.3 Å². The molecule has 0 heterocycles. The van der Waals surface area contributed by atoms with E-state index < -0.39 is 0 Å². The molecular formula is C17H18ClNO2. The lowest BCUT2D eigenvalue weighted by Gasteiger charge is -2.10. The van der Waals surface area contributed by atoms with E-state index in [0.717, 1.165) is 12.0 Å². The van der Waals surface area contributed by atoms with Crippen LogP contribution in [0.15, 0.2) is 48.5 Å². The van der Waals surface area contributed by atoms with Crippen LogP contribution in [0.1, 0.15) is 22.8 Å². The molecule has 1 N–H and O–H groups in total. The number of carbonyl (C=O) groups is 1. The van der Waals surface area contributed by atoms with Crippen molar-refractivity contribution in [3.8, 4) is 5.75 Å². The van der Waals surface area contributed by atoms with E-state index in [-0.39, 0.29) is 5.91 Å². The monoisotopic (exact) mass is 303 g/mol. The standard InChI is InChI=1S/C17H18ClNO2/c1-2-21-16-6-4-3-5-15(16)17(20)19-12-11-13-7-9-14(18)10-8-13/h3-10H,2,11-12H2,1H3,(H,19,20). The largest absolute Gasteiger partial charge is 0.493 e. The van der Waals surface area contributed by atoms with Gasteiger partial charge in [0.2, 0.25) is 0 Å². The molecule has 21 heavy (non-hydrogen) atoms. The highest BCUT2D eigenvalue weighted by Crippen LogP contribution is 2.17. The fourth-order valence-electron chi connectivity index (χ4n) is 2.00. The van der Waals surface area contributed by atoms with Crippen LogP contribution in [0, 0.1) is 0 Å². The molecular weight excluding hydrogens is 286 g/mol. The molecule has 0 atom stereocenters. The van der Waals surface area contributed by atoms with E-state index in [9.17, 15) is 4.79 Å². The molecule has 0 saturated carbocycles. The van der Waals surface area contributed by atoms with Crippen molar-refractivity contribution >= 4 is 17.5 Å². The third-order valence-electron chi connectivity index (χ3n) is 3.04. The Morgan fingerprint density at radius 2 is 1.86 bits per heavy atom. The van der Waals surface area contributed by atoms with Gasteiger partial charge in [-0.25, -0.2) is 0 Å². The molecule has 0 radical (unpaired) electrons. The number of hydrogen-bond acceptors (Lipinski definition) is 2. The van der Waals surface area contributed by atoms with Gasteiger partial charge in [-0.05, 0) is 43.2 Å². The molecule has 2 aromatic carbocycles. The molecule has 0 aromatic heterocycles. The minimum atomic E-state index is -0.118. The second-order valence-electron chi connectivity index (χ2n) is 4.56. The molecule has 4 heteroatoms. The molecule has 0 saturated heterocycles. The zero-order valence-corrected chi connectivity index (χ0v) is 12.7. The molecule has 0 fully saturated rings. The minimum absolute atomic E-state index is 0.118. The van der Waals surface area contributed by atoms with Crippen molar-refractivity contribution in [1.82, 2.24) is 5.32 Å². The Morgan fingerprint density at radius 3 is 2.57 bits per heavy atom. The molecule has 0 spiro atoms. The fourth-order valence-corrected chi connectivity index (χ4v) is 2.13. The number of halogens is 1. The second-order valence-corrected chi connectivity index (χ2v) is 5.00. The highest BCUT2D eigenvalue weighted by Gasteiger charge is 2.10. The summed E-state index contributed by atoms with van der Waals surface area (Å²) in [5.74, 6) is 0.497. The highest BCUT2D eigenvalue weighted by atomic mass is 35.5. The lowest BCUT2D eigenvalue weighted by molar-refractivity contribution is 0.0950. The Hall–Kier alpha value is -2.00. The van der Waals surface area contributed by atoms with Crippen LogP contribution in [-0.4, -0.2) is 19.1 Å². The third kappa shape index (κ3) is 4.50. The molecule has 0 unspecified atom stereocenters. The van der Waals surface area contributed by atoms with E-state index >= 15 is 0 Å². The van der Waals surface area contributed by atoms with Crippen LogP contribution in [0.4, 0.5) is 0 Å². The summed E-state index contributed by atoms with van der Waals surface area (Å²) in [4.78, 5) is 12.2. The predicted molar refractivity (Wildman–Crippen MR) is 85.1 cm³/mol. The van der Waals surface area contributed by atoms with Gasteiger partial charge in [0.15, 0.2) is 0 Å². The first-order valence-electron chi connectivity index (χ1n) is 6.95. The number of benzene rings is 2. The number of amides is 1. The number of nitrogens with one attached hydrogen (secondary N) is 1. The lowest BCUT2D eigenvalue weighted by atomic mass is 10.1. The molecule has 0 aliphatic heterocycles. The number of hydrogen-bond donors (Lipinski definition) is 1. The van der Waals surface area contributed by atoms with Crippen LogP contribution in [0.25, 0.3) is 0 Å². The van der Waals surface area contributed by atoms with Crippen molar-refractivity contribution in [1.29, 1.82) is 0 Å². The van der Waals surface area contributed by atoms with Crippen molar-refractivity contribution in [2.24, 2.45) is 0 Å². The molecule has 0 aliphatic rings. The van der Waals surface area contributed by atoms with Crippen LogP contribution in [0.5, 0.6) is 5.75 Å². The maximum atomic E-state index is 12.2. The van der Waals surface area contributed by atoms with Gasteiger partial charge in [-0.1, -0.05) is 35.9 Å². The van der Waals surface area contributed by atoms with Crippen LogP contribution < -0.4 is 10.1 Å². The van der Waals surface area contributed by atoms with Crippen molar-refractivity contribution in [3.05, 3.63) is 64.7 Å². The first kappa shape index (κ1) is 15.4. The Balaban J connectivity index is 1.91. The average molecular weight is 304 g/mol. The zero-order valence-electron chi connectivity index (χ0n) is 11.9. The van der Waals surface area contributed by atoms with Crippen LogP contribution in [0.3, 0.4) is 0 Å². The van der Waals surface area contributed by atoms with Gasteiger partial charge < -0.3 is 10.1 Å². The van der Waals surface area contributed by atoms with Gasteiger partial charge in [-0.3, -0.25) is 4.79 Å². The molecule has 1 amide bonds. The lowest BCUT2D eigenvalue weighted by Crippen LogP contribution is -2.26. The van der Waals surface area contributed by atoms with Crippen molar-refractivity contribution in [2.45, 2.75) is 13.3 Å². The summed E-state index contributed by atoms with van der Waals surface area (Å²) in [6, 6.07) is 14.9. The molecule has 3 nitrogen and oxygen atoms in total. The van der Waals surface area contributed by atoms with Gasteiger partial charge in [-0.15, -0.1) is 0 Å². The van der Waals surface area contributed by atoms with Gasteiger partial charge in [0, 0.05) is 11.6 Å². The first-order valence-corrected chi connectivity index (χ1v) is 7.33. The van der Waals surface area contributed by atoms with Crippen molar-refractivity contribution in [2.75, 3.05) is 13.2 Å². The average Bonchev–Trinajstić information content (AvgIpc) is 2.50. The van der Waals surface area contributed by atoms with E-state index in [2.05, 4.69) is 5.32 Å². The summed E-state index contributed by atoms with van der Waals surface area (Å²) < 4.78 is 5.46. The summed E-state index contributed by atoms with van der Waals surface area (Å²) in [5, 5.41) is 3.63. The summed E-state index contributed by atoms with van der Waals surface area (Å²) in [6.07, 6.45) is 0.764. The Labute approximate surface area is 129 Å². The summed E-state index contributed by atoms with van der Waals surface area (Å²) in [7, 11) is 0. The van der Waals surface area contributed by atoms with E-state index in [1.807, 2.05) is 43.3 Å².